The minimum atomic E-state index is -2.98. The van der Waals surface area contributed by atoms with Crippen LogP contribution < -0.4 is 5.32 Å². The van der Waals surface area contributed by atoms with Crippen molar-refractivity contribution in [3.8, 4) is 0 Å². The molecule has 5 heteroatoms. The van der Waals surface area contributed by atoms with Crippen molar-refractivity contribution in [2.45, 2.75) is 19.4 Å². The fraction of sp³-hybridized carbons (Fsp3) is 0.300. The molecule has 0 saturated heterocycles. The van der Waals surface area contributed by atoms with Gasteiger partial charge in [-0.25, -0.2) is 0 Å². The number of alkyl halides is 2. The molecule has 1 N–H and O–H groups in total. The van der Waals surface area contributed by atoms with Crippen molar-refractivity contribution < 1.29 is 13.6 Å². The number of hydrogen-bond acceptors (Lipinski definition) is 1. The number of amides is 1. The van der Waals surface area contributed by atoms with Crippen LogP contribution >= 0.6 is 15.9 Å². The molecule has 15 heavy (non-hydrogen) atoms. The lowest BCUT2D eigenvalue weighted by Gasteiger charge is -2.15. The Morgan fingerprint density at radius 3 is 2.53 bits per heavy atom. The maximum Gasteiger partial charge on any atom is 0.315 e. The number of rotatable bonds is 3. The second-order valence-corrected chi connectivity index (χ2v) is 3.91. The predicted molar refractivity (Wildman–Crippen MR) is 56.7 cm³/mol. The second-order valence-electron chi connectivity index (χ2n) is 3.05. The summed E-state index contributed by atoms with van der Waals surface area (Å²) in [5.74, 6) is -1.25. The normalized spacial score (nSPS) is 12.6. The van der Waals surface area contributed by atoms with Gasteiger partial charge in [-0.15, -0.1) is 0 Å². The largest absolute Gasteiger partial charge is 0.345 e. The Balaban J connectivity index is 2.73. The van der Waals surface area contributed by atoms with E-state index in [1.54, 1.807) is 25.1 Å². The van der Waals surface area contributed by atoms with Crippen LogP contribution in [0.15, 0.2) is 28.7 Å². The lowest BCUT2D eigenvalue weighted by molar-refractivity contribution is -0.132. The molecule has 1 amide bonds. The molecule has 0 aromatic heterocycles. The monoisotopic (exact) mass is 277 g/mol. The fourth-order valence-electron chi connectivity index (χ4n) is 1.18. The van der Waals surface area contributed by atoms with Crippen LogP contribution in [-0.4, -0.2) is 12.3 Å². The molecule has 82 valence electrons. The Morgan fingerprint density at radius 2 is 2.00 bits per heavy atom. The Bertz CT molecular complexity index is 357. The van der Waals surface area contributed by atoms with E-state index in [1.807, 2.05) is 6.07 Å². The van der Waals surface area contributed by atoms with Crippen molar-refractivity contribution in [2.24, 2.45) is 0 Å². The molecule has 1 unspecified atom stereocenters. The average Bonchev–Trinajstić information content (AvgIpc) is 2.18. The van der Waals surface area contributed by atoms with Gasteiger partial charge in [-0.3, -0.25) is 4.79 Å². The van der Waals surface area contributed by atoms with Gasteiger partial charge in [0.05, 0.1) is 6.04 Å². The summed E-state index contributed by atoms with van der Waals surface area (Å²) in [5, 5.41) is 2.22. The topological polar surface area (TPSA) is 29.1 Å². The molecule has 1 aromatic rings. The van der Waals surface area contributed by atoms with Crippen molar-refractivity contribution in [2.75, 3.05) is 0 Å². The highest BCUT2D eigenvalue weighted by Crippen LogP contribution is 2.22. The molecule has 0 aliphatic rings. The SMILES string of the molecule is CC(NC(=O)C(F)F)c1ccccc1Br. The molecule has 0 bridgehead atoms. The quantitative estimate of drug-likeness (QED) is 0.905. The highest BCUT2D eigenvalue weighted by Gasteiger charge is 2.18. The van der Waals surface area contributed by atoms with Crippen LogP contribution in [0.3, 0.4) is 0 Å². The van der Waals surface area contributed by atoms with Gasteiger partial charge >= 0.3 is 6.43 Å². The van der Waals surface area contributed by atoms with Gasteiger partial charge in [0.1, 0.15) is 0 Å². The summed E-state index contributed by atoms with van der Waals surface area (Å²) in [6, 6.07) is 6.71. The molecular weight excluding hydrogens is 268 g/mol. The van der Waals surface area contributed by atoms with E-state index in [9.17, 15) is 13.6 Å². The minimum Gasteiger partial charge on any atom is -0.345 e. The van der Waals surface area contributed by atoms with E-state index in [2.05, 4.69) is 21.2 Å². The van der Waals surface area contributed by atoms with E-state index < -0.39 is 18.4 Å². The molecule has 0 radical (unpaired) electrons. The van der Waals surface area contributed by atoms with Crippen molar-refractivity contribution in [3.63, 3.8) is 0 Å². The van der Waals surface area contributed by atoms with Crippen molar-refractivity contribution >= 4 is 21.8 Å². The van der Waals surface area contributed by atoms with Crippen LogP contribution in [0.4, 0.5) is 8.78 Å². The van der Waals surface area contributed by atoms with Crippen LogP contribution in [0.1, 0.15) is 18.5 Å². The maximum absolute atomic E-state index is 12.0. The van der Waals surface area contributed by atoms with E-state index in [0.29, 0.717) is 0 Å². The summed E-state index contributed by atoms with van der Waals surface area (Å²) < 4.78 is 24.7. The standard InChI is InChI=1S/C10H10BrF2NO/c1-6(14-10(15)9(12)13)7-4-2-3-5-8(7)11/h2-6,9H,1H3,(H,14,15). The zero-order valence-electron chi connectivity index (χ0n) is 8.01. The number of hydrogen-bond donors (Lipinski definition) is 1. The molecule has 2 nitrogen and oxygen atoms in total. The van der Waals surface area contributed by atoms with Crippen molar-refractivity contribution in [1.29, 1.82) is 0 Å². The first kappa shape index (κ1) is 12.1. The molecule has 1 rings (SSSR count). The second kappa shape index (κ2) is 5.21. The van der Waals surface area contributed by atoms with Gasteiger partial charge in [0.25, 0.3) is 5.91 Å². The molecule has 0 saturated carbocycles. The minimum absolute atomic E-state index is 0.443. The average molecular weight is 278 g/mol. The fourth-order valence-corrected chi connectivity index (χ4v) is 1.81. The third-order valence-corrected chi connectivity index (χ3v) is 2.65. The van der Waals surface area contributed by atoms with E-state index in [-0.39, 0.29) is 0 Å². The molecule has 0 aliphatic carbocycles. The smallest absolute Gasteiger partial charge is 0.315 e. The number of nitrogens with one attached hydrogen (secondary N) is 1. The number of halogens is 3. The van der Waals surface area contributed by atoms with Gasteiger partial charge in [-0.2, -0.15) is 8.78 Å². The molecule has 0 fully saturated rings. The maximum atomic E-state index is 12.0. The number of carbonyl (C=O) groups excluding carboxylic acids is 1. The summed E-state index contributed by atoms with van der Waals surface area (Å²) >= 11 is 3.29. The Kier molecular flexibility index (Phi) is 4.20. The summed E-state index contributed by atoms with van der Waals surface area (Å²) in [6.45, 7) is 1.65. The highest BCUT2D eigenvalue weighted by atomic mass is 79.9. The van der Waals surface area contributed by atoms with Gasteiger partial charge < -0.3 is 5.32 Å². The molecule has 0 spiro atoms. The molecular formula is C10H10BrF2NO. The highest BCUT2D eigenvalue weighted by molar-refractivity contribution is 9.10. The van der Waals surface area contributed by atoms with Gasteiger partial charge in [0.2, 0.25) is 0 Å². The van der Waals surface area contributed by atoms with Gasteiger partial charge in [-0.1, -0.05) is 34.1 Å². The summed E-state index contributed by atoms with van der Waals surface area (Å²) in [7, 11) is 0. The van der Waals surface area contributed by atoms with E-state index >= 15 is 0 Å². The van der Waals surface area contributed by atoms with Gasteiger partial charge in [-0.05, 0) is 18.6 Å². The van der Waals surface area contributed by atoms with Gasteiger partial charge in [0, 0.05) is 4.47 Å². The first-order chi connectivity index (χ1) is 7.02. The molecule has 1 aromatic carbocycles. The summed E-state index contributed by atoms with van der Waals surface area (Å²) in [5.41, 5.74) is 0.770. The lowest BCUT2D eigenvalue weighted by atomic mass is 10.1. The van der Waals surface area contributed by atoms with Crippen LogP contribution in [0, 0.1) is 0 Å². The number of carbonyl (C=O) groups is 1. The van der Waals surface area contributed by atoms with Crippen molar-refractivity contribution in [1.82, 2.24) is 5.32 Å². The predicted octanol–water partition coefficient (Wildman–Crippen LogP) is 2.89. The Morgan fingerprint density at radius 1 is 1.40 bits per heavy atom. The zero-order valence-corrected chi connectivity index (χ0v) is 9.59. The van der Waals surface area contributed by atoms with E-state index in [4.69, 9.17) is 0 Å². The summed E-state index contributed by atoms with van der Waals surface area (Å²) in [4.78, 5) is 10.8. The van der Waals surface area contributed by atoms with E-state index in [0.717, 1.165) is 10.0 Å². The van der Waals surface area contributed by atoms with Crippen molar-refractivity contribution in [3.05, 3.63) is 34.3 Å². The first-order valence-corrected chi connectivity index (χ1v) is 5.14. The van der Waals surface area contributed by atoms with E-state index in [1.165, 1.54) is 0 Å². The lowest BCUT2D eigenvalue weighted by Crippen LogP contribution is -2.31. The van der Waals surface area contributed by atoms with Crippen LogP contribution in [-0.2, 0) is 4.79 Å². The van der Waals surface area contributed by atoms with Crippen LogP contribution in [0.5, 0.6) is 0 Å². The zero-order chi connectivity index (χ0) is 11.4. The third-order valence-electron chi connectivity index (χ3n) is 1.93. The van der Waals surface area contributed by atoms with Gasteiger partial charge in [0.15, 0.2) is 0 Å². The third kappa shape index (κ3) is 3.27. The number of benzene rings is 1. The van der Waals surface area contributed by atoms with Crippen LogP contribution in [0.25, 0.3) is 0 Å². The molecule has 0 heterocycles. The first-order valence-electron chi connectivity index (χ1n) is 4.35. The van der Waals surface area contributed by atoms with Crippen LogP contribution in [0.2, 0.25) is 0 Å². The summed E-state index contributed by atoms with van der Waals surface area (Å²) in [6.07, 6.45) is -2.98. The Hall–Kier alpha value is -0.970. The molecule has 1 atom stereocenters. The Labute approximate surface area is 94.8 Å². The molecule has 0 aliphatic heterocycles.